The van der Waals surface area contributed by atoms with Crippen LogP contribution in [0.15, 0.2) is 30.5 Å². The minimum Gasteiger partial charge on any atom is -0.476 e. The molecule has 0 spiro atoms. The molecule has 3 N–H and O–H groups in total. The molecule has 0 radical (unpaired) electrons. The second-order valence-electron chi connectivity index (χ2n) is 6.36. The molecule has 1 fully saturated rings. The van der Waals surface area contributed by atoms with Crippen molar-refractivity contribution in [3.8, 4) is 0 Å². The fourth-order valence-electron chi connectivity index (χ4n) is 3.05. The Bertz CT molecular complexity index is 952. The molecule has 0 unspecified atom stereocenters. The SMILES string of the molecule is N=COC(=N)c1cc(Cl)ccc1CN1CCN(C(=O)n2ccc(C(=O)O)n2)CC1. The lowest BCUT2D eigenvalue weighted by molar-refractivity contribution is 0.0689. The quantitative estimate of drug-likeness (QED) is 0.501. The molecule has 1 aromatic heterocycles. The molecular formula is C18H19ClN6O4. The number of ether oxygens (including phenoxy) is 1. The molecule has 3 rings (SSSR count). The average Bonchev–Trinajstić information content (AvgIpc) is 3.20. The van der Waals surface area contributed by atoms with E-state index in [-0.39, 0.29) is 17.6 Å². The summed E-state index contributed by atoms with van der Waals surface area (Å²) in [4.78, 5) is 27.1. The van der Waals surface area contributed by atoms with Crippen LogP contribution in [0.1, 0.15) is 21.6 Å². The summed E-state index contributed by atoms with van der Waals surface area (Å²) in [6.07, 6.45) is 2.04. The first-order valence-corrected chi connectivity index (χ1v) is 9.10. The molecule has 1 saturated heterocycles. The Morgan fingerprint density at radius 1 is 1.24 bits per heavy atom. The number of nitrogens with one attached hydrogen (secondary N) is 2. The van der Waals surface area contributed by atoms with Crippen molar-refractivity contribution in [1.29, 1.82) is 10.8 Å². The number of carboxylic acid groups (broad SMARTS) is 1. The number of aromatic carboxylic acids is 1. The van der Waals surface area contributed by atoms with Crippen molar-refractivity contribution in [3.05, 3.63) is 52.3 Å². The number of amides is 1. The van der Waals surface area contributed by atoms with Gasteiger partial charge in [0.25, 0.3) is 0 Å². The second-order valence-corrected chi connectivity index (χ2v) is 6.80. The summed E-state index contributed by atoms with van der Waals surface area (Å²) < 4.78 is 5.91. The summed E-state index contributed by atoms with van der Waals surface area (Å²) in [7, 11) is 0. The maximum atomic E-state index is 12.5. The lowest BCUT2D eigenvalue weighted by Gasteiger charge is -2.34. The minimum absolute atomic E-state index is 0.153. The van der Waals surface area contributed by atoms with Gasteiger partial charge in [0.1, 0.15) is 0 Å². The molecule has 0 atom stereocenters. The van der Waals surface area contributed by atoms with Crippen molar-refractivity contribution in [3.63, 3.8) is 0 Å². The van der Waals surface area contributed by atoms with Gasteiger partial charge in [-0.3, -0.25) is 15.7 Å². The van der Waals surface area contributed by atoms with Crippen LogP contribution in [0.4, 0.5) is 4.79 Å². The number of hydrogen-bond donors (Lipinski definition) is 3. The third-order valence-electron chi connectivity index (χ3n) is 4.53. The number of carbonyl (C=O) groups excluding carboxylic acids is 1. The third kappa shape index (κ3) is 4.79. The first-order chi connectivity index (χ1) is 13.9. The number of benzene rings is 1. The van der Waals surface area contributed by atoms with E-state index in [0.717, 1.165) is 10.2 Å². The highest BCUT2D eigenvalue weighted by Gasteiger charge is 2.24. The predicted molar refractivity (Wildman–Crippen MR) is 105 cm³/mol. The molecule has 2 aromatic rings. The Kier molecular flexibility index (Phi) is 6.25. The Hall–Kier alpha value is -3.24. The van der Waals surface area contributed by atoms with Crippen LogP contribution in [0.25, 0.3) is 0 Å². The highest BCUT2D eigenvalue weighted by molar-refractivity contribution is 6.31. The van der Waals surface area contributed by atoms with E-state index in [1.165, 1.54) is 12.3 Å². The van der Waals surface area contributed by atoms with Crippen molar-refractivity contribution in [2.45, 2.75) is 6.54 Å². The summed E-state index contributed by atoms with van der Waals surface area (Å²) in [6.45, 7) is 2.64. The molecule has 0 bridgehead atoms. The van der Waals surface area contributed by atoms with Crippen LogP contribution >= 0.6 is 11.6 Å². The fourth-order valence-corrected chi connectivity index (χ4v) is 3.22. The van der Waals surface area contributed by atoms with Crippen LogP contribution in [0.3, 0.4) is 0 Å². The molecule has 0 aliphatic carbocycles. The minimum atomic E-state index is -1.18. The third-order valence-corrected chi connectivity index (χ3v) is 4.77. The number of aromatic nitrogens is 2. The van der Waals surface area contributed by atoms with Crippen LogP contribution in [0.5, 0.6) is 0 Å². The standard InChI is InChI=1S/C18H19ClN6O4/c19-13-2-1-12(14(9-13)16(21)29-11-20)10-23-5-7-24(8-6-23)18(28)25-4-3-15(22-25)17(26)27/h1-4,9,11,20-21H,5-8,10H2,(H,26,27). The zero-order valence-electron chi connectivity index (χ0n) is 15.3. The topological polar surface area (TPSA) is 136 Å². The van der Waals surface area contributed by atoms with E-state index >= 15 is 0 Å². The van der Waals surface area contributed by atoms with E-state index in [0.29, 0.717) is 49.7 Å². The summed E-state index contributed by atoms with van der Waals surface area (Å²) in [5.74, 6) is -1.34. The molecule has 1 aliphatic heterocycles. The zero-order valence-corrected chi connectivity index (χ0v) is 16.1. The van der Waals surface area contributed by atoms with E-state index in [4.69, 9.17) is 32.3 Å². The monoisotopic (exact) mass is 418 g/mol. The summed E-state index contributed by atoms with van der Waals surface area (Å²) >= 11 is 6.03. The van der Waals surface area contributed by atoms with Gasteiger partial charge in [-0.15, -0.1) is 0 Å². The molecule has 1 aromatic carbocycles. The van der Waals surface area contributed by atoms with E-state index in [9.17, 15) is 9.59 Å². The lowest BCUT2D eigenvalue weighted by Crippen LogP contribution is -2.49. The second kappa shape index (κ2) is 8.84. The number of piperazine rings is 1. The number of carbonyl (C=O) groups is 2. The van der Waals surface area contributed by atoms with Crippen molar-refractivity contribution >= 4 is 35.9 Å². The maximum Gasteiger partial charge on any atom is 0.356 e. The van der Waals surface area contributed by atoms with Gasteiger partial charge < -0.3 is 14.7 Å². The molecule has 1 aliphatic rings. The van der Waals surface area contributed by atoms with E-state index in [2.05, 4.69) is 10.00 Å². The highest BCUT2D eigenvalue weighted by atomic mass is 35.5. The highest BCUT2D eigenvalue weighted by Crippen LogP contribution is 2.19. The van der Waals surface area contributed by atoms with Gasteiger partial charge in [-0.2, -0.15) is 9.78 Å². The Balaban J connectivity index is 1.62. The van der Waals surface area contributed by atoms with Crippen molar-refractivity contribution in [2.75, 3.05) is 26.2 Å². The molecule has 11 heteroatoms. The first-order valence-electron chi connectivity index (χ1n) is 8.72. The molecule has 0 saturated carbocycles. The number of halogens is 1. The molecule has 2 heterocycles. The van der Waals surface area contributed by atoms with Crippen molar-refractivity contribution < 1.29 is 19.4 Å². The number of hydrogen-bond acceptors (Lipinski definition) is 7. The molecule has 10 nitrogen and oxygen atoms in total. The van der Waals surface area contributed by atoms with Crippen LogP contribution in [-0.4, -0.2) is 75.2 Å². The maximum absolute atomic E-state index is 12.5. The molecular weight excluding hydrogens is 400 g/mol. The summed E-state index contributed by atoms with van der Waals surface area (Å²) in [5.41, 5.74) is 1.17. The van der Waals surface area contributed by atoms with E-state index in [1.54, 1.807) is 17.0 Å². The van der Waals surface area contributed by atoms with Gasteiger partial charge in [0.2, 0.25) is 5.90 Å². The van der Waals surface area contributed by atoms with Gasteiger partial charge in [-0.05, 0) is 23.8 Å². The predicted octanol–water partition coefficient (Wildman–Crippen LogP) is 1.97. The van der Waals surface area contributed by atoms with Crippen LogP contribution < -0.4 is 0 Å². The van der Waals surface area contributed by atoms with Gasteiger partial charge >= 0.3 is 12.0 Å². The number of rotatable bonds is 5. The van der Waals surface area contributed by atoms with Crippen molar-refractivity contribution in [2.24, 2.45) is 0 Å². The smallest absolute Gasteiger partial charge is 0.356 e. The first kappa shape index (κ1) is 20.5. The van der Waals surface area contributed by atoms with Gasteiger partial charge in [0.05, 0.1) is 0 Å². The van der Waals surface area contributed by atoms with Crippen LogP contribution in [0, 0.1) is 10.8 Å². The normalized spacial score (nSPS) is 14.4. The van der Waals surface area contributed by atoms with E-state index < -0.39 is 5.97 Å². The molecule has 29 heavy (non-hydrogen) atoms. The Morgan fingerprint density at radius 2 is 1.97 bits per heavy atom. The van der Waals surface area contributed by atoms with Gasteiger partial charge in [-0.1, -0.05) is 17.7 Å². The largest absolute Gasteiger partial charge is 0.476 e. The molecule has 152 valence electrons. The Labute approximate surface area is 171 Å². The molecule has 1 amide bonds. The number of nitrogens with zero attached hydrogens (tertiary/aromatic N) is 4. The zero-order chi connectivity index (χ0) is 21.0. The van der Waals surface area contributed by atoms with Gasteiger partial charge in [0, 0.05) is 49.5 Å². The summed E-state index contributed by atoms with van der Waals surface area (Å²) in [6, 6.07) is 6.08. The summed E-state index contributed by atoms with van der Waals surface area (Å²) in [5, 5.41) is 28.1. The Morgan fingerprint density at radius 3 is 2.59 bits per heavy atom. The fraction of sp³-hybridized carbons (Fsp3) is 0.278. The van der Waals surface area contributed by atoms with E-state index in [1.807, 2.05) is 6.07 Å². The average molecular weight is 419 g/mol. The van der Waals surface area contributed by atoms with Gasteiger partial charge in [0.15, 0.2) is 12.1 Å². The van der Waals surface area contributed by atoms with Gasteiger partial charge in [-0.25, -0.2) is 9.59 Å². The lowest BCUT2D eigenvalue weighted by atomic mass is 10.1. The van der Waals surface area contributed by atoms with Crippen LogP contribution in [0.2, 0.25) is 5.02 Å². The number of carboxylic acids is 1. The van der Waals surface area contributed by atoms with Crippen molar-refractivity contribution in [1.82, 2.24) is 19.6 Å². The van der Waals surface area contributed by atoms with Crippen LogP contribution in [-0.2, 0) is 11.3 Å².